The largest absolute Gasteiger partial charge is 0.454 e. The summed E-state index contributed by atoms with van der Waals surface area (Å²) in [4.78, 5) is 27.0. The van der Waals surface area contributed by atoms with Crippen molar-refractivity contribution in [2.45, 2.75) is 6.54 Å². The van der Waals surface area contributed by atoms with Crippen LogP contribution in [-0.4, -0.2) is 22.8 Å². The van der Waals surface area contributed by atoms with Crippen molar-refractivity contribution >= 4 is 40.6 Å². The summed E-state index contributed by atoms with van der Waals surface area (Å²) in [5.74, 6) is 0.776. The van der Waals surface area contributed by atoms with Crippen molar-refractivity contribution in [3.63, 3.8) is 0 Å². The molecular weight excluding hydrogens is 434 g/mol. The van der Waals surface area contributed by atoms with E-state index < -0.39 is 0 Å². The Morgan fingerprint density at radius 3 is 2.35 bits per heavy atom. The zero-order valence-corrected chi connectivity index (χ0v) is 17.8. The molecule has 2 aliphatic rings. The fraction of sp³-hybridized carbons (Fsp3) is 0.0833. The number of rotatable bonds is 4. The van der Waals surface area contributed by atoms with Crippen LogP contribution < -0.4 is 9.47 Å². The minimum absolute atomic E-state index is 0.0738. The number of carbonyl (C=O) groups excluding carboxylic acids is 2. The van der Waals surface area contributed by atoms with Crippen LogP contribution in [0.25, 0.3) is 17.2 Å². The Bertz CT molecular complexity index is 1210. The van der Waals surface area contributed by atoms with Gasteiger partial charge in [-0.25, -0.2) is 0 Å². The predicted octanol–water partition coefficient (Wildman–Crippen LogP) is 5.97. The number of benzene rings is 3. The maximum Gasteiger partial charge on any atom is 0.293 e. The number of fused-ring (bicyclic) bond motifs is 1. The van der Waals surface area contributed by atoms with Crippen molar-refractivity contribution in [1.29, 1.82) is 0 Å². The predicted molar refractivity (Wildman–Crippen MR) is 121 cm³/mol. The zero-order valence-electron chi connectivity index (χ0n) is 16.2. The fourth-order valence-corrected chi connectivity index (χ4v) is 4.49. The van der Waals surface area contributed by atoms with Crippen LogP contribution in [0.15, 0.2) is 71.6 Å². The molecule has 1 saturated heterocycles. The summed E-state index contributed by atoms with van der Waals surface area (Å²) in [5, 5.41) is 0.0923. The maximum absolute atomic E-state index is 12.9. The second-order valence-electron chi connectivity index (χ2n) is 7.05. The van der Waals surface area contributed by atoms with Crippen LogP contribution in [0.3, 0.4) is 0 Å². The molecule has 0 bridgehead atoms. The molecule has 0 aromatic heterocycles. The number of thioether (sulfide) groups is 1. The first-order chi connectivity index (χ1) is 15.1. The third kappa shape index (κ3) is 3.92. The van der Waals surface area contributed by atoms with Gasteiger partial charge in [0.05, 0.1) is 11.4 Å². The lowest BCUT2D eigenvalue weighted by Crippen LogP contribution is -2.27. The molecule has 0 radical (unpaired) electrons. The standard InChI is InChI=1S/C24H16ClNO4S/c25-19-12-21-20(29-14-30-21)11-18(19)13-26-23(27)22(31-24(26)28)10-15-6-8-17(9-7-15)16-4-2-1-3-5-16/h1-12H,13-14H2/b22-10-. The Hall–Kier alpha value is -3.22. The Kier molecular flexibility index (Phi) is 5.18. The topological polar surface area (TPSA) is 55.8 Å². The third-order valence-electron chi connectivity index (χ3n) is 5.06. The Balaban J connectivity index is 1.35. The molecule has 3 aromatic rings. The van der Waals surface area contributed by atoms with Crippen LogP contribution in [0, 0.1) is 0 Å². The van der Waals surface area contributed by atoms with Gasteiger partial charge in [-0.2, -0.15) is 0 Å². The second-order valence-corrected chi connectivity index (χ2v) is 8.45. The Morgan fingerprint density at radius 1 is 0.935 bits per heavy atom. The average molecular weight is 450 g/mol. The summed E-state index contributed by atoms with van der Waals surface area (Å²) in [7, 11) is 0. The maximum atomic E-state index is 12.9. The Labute approximate surface area is 188 Å². The van der Waals surface area contributed by atoms with Crippen LogP contribution in [-0.2, 0) is 11.3 Å². The number of amides is 2. The van der Waals surface area contributed by atoms with E-state index in [0.29, 0.717) is 27.0 Å². The van der Waals surface area contributed by atoms with Crippen LogP contribution in [0.4, 0.5) is 4.79 Å². The van der Waals surface area contributed by atoms with Gasteiger partial charge in [0.15, 0.2) is 11.5 Å². The van der Waals surface area contributed by atoms with Crippen molar-refractivity contribution in [2.24, 2.45) is 0 Å². The van der Waals surface area contributed by atoms with E-state index in [-0.39, 0.29) is 24.5 Å². The molecule has 2 aliphatic heterocycles. The molecular formula is C24H16ClNO4S. The van der Waals surface area contributed by atoms with E-state index in [1.807, 2.05) is 54.6 Å². The van der Waals surface area contributed by atoms with E-state index in [1.165, 1.54) is 4.90 Å². The summed E-state index contributed by atoms with van der Waals surface area (Å²) in [6.45, 7) is 0.201. The van der Waals surface area contributed by atoms with E-state index in [9.17, 15) is 9.59 Å². The lowest BCUT2D eigenvalue weighted by Gasteiger charge is -2.14. The lowest BCUT2D eigenvalue weighted by molar-refractivity contribution is -0.123. The van der Waals surface area contributed by atoms with Gasteiger partial charge in [0, 0.05) is 11.1 Å². The first kappa shape index (κ1) is 19.7. The number of ether oxygens (including phenoxy) is 2. The summed E-state index contributed by atoms with van der Waals surface area (Å²) in [5.41, 5.74) is 3.69. The van der Waals surface area contributed by atoms with E-state index in [4.69, 9.17) is 21.1 Å². The monoisotopic (exact) mass is 449 g/mol. The molecule has 31 heavy (non-hydrogen) atoms. The minimum Gasteiger partial charge on any atom is -0.454 e. The van der Waals surface area contributed by atoms with Gasteiger partial charge in [0.25, 0.3) is 11.1 Å². The zero-order chi connectivity index (χ0) is 21.4. The Morgan fingerprint density at radius 2 is 1.61 bits per heavy atom. The molecule has 0 spiro atoms. The highest BCUT2D eigenvalue weighted by atomic mass is 35.5. The van der Waals surface area contributed by atoms with Crippen LogP contribution in [0.2, 0.25) is 5.02 Å². The van der Waals surface area contributed by atoms with Gasteiger partial charge in [-0.15, -0.1) is 0 Å². The molecule has 1 fully saturated rings. The number of hydrogen-bond donors (Lipinski definition) is 0. The highest BCUT2D eigenvalue weighted by Gasteiger charge is 2.35. The van der Waals surface area contributed by atoms with Gasteiger partial charge in [0.1, 0.15) is 0 Å². The van der Waals surface area contributed by atoms with Gasteiger partial charge >= 0.3 is 0 Å². The molecule has 5 rings (SSSR count). The number of imide groups is 1. The van der Waals surface area contributed by atoms with Gasteiger partial charge in [0.2, 0.25) is 6.79 Å². The number of nitrogens with zero attached hydrogens (tertiary/aromatic N) is 1. The number of hydrogen-bond acceptors (Lipinski definition) is 5. The average Bonchev–Trinajstić information content (AvgIpc) is 3.34. The fourth-order valence-electron chi connectivity index (χ4n) is 3.44. The molecule has 0 aliphatic carbocycles. The summed E-state index contributed by atoms with van der Waals surface area (Å²) >= 11 is 7.23. The molecule has 3 aromatic carbocycles. The smallest absolute Gasteiger partial charge is 0.293 e. The number of halogens is 1. The van der Waals surface area contributed by atoms with Crippen molar-refractivity contribution in [2.75, 3.05) is 6.79 Å². The molecule has 5 nitrogen and oxygen atoms in total. The van der Waals surface area contributed by atoms with E-state index in [1.54, 1.807) is 18.2 Å². The summed E-state index contributed by atoms with van der Waals surface area (Å²) in [6, 6.07) is 21.3. The van der Waals surface area contributed by atoms with Crippen molar-refractivity contribution in [3.05, 3.63) is 87.8 Å². The highest BCUT2D eigenvalue weighted by Crippen LogP contribution is 2.39. The quantitative estimate of drug-likeness (QED) is 0.459. The molecule has 154 valence electrons. The molecule has 0 saturated carbocycles. The van der Waals surface area contributed by atoms with E-state index >= 15 is 0 Å². The second kappa shape index (κ2) is 8.13. The molecule has 2 heterocycles. The summed E-state index contributed by atoms with van der Waals surface area (Å²) < 4.78 is 10.7. The van der Waals surface area contributed by atoms with Crippen molar-refractivity contribution in [3.8, 4) is 22.6 Å². The SMILES string of the molecule is O=C1S/C(=C\c2ccc(-c3ccccc3)cc2)C(=O)N1Cc1cc2c(cc1Cl)OCO2. The van der Waals surface area contributed by atoms with Gasteiger partial charge in [-0.3, -0.25) is 14.5 Å². The molecule has 0 atom stereocenters. The van der Waals surface area contributed by atoms with Crippen molar-refractivity contribution in [1.82, 2.24) is 4.90 Å². The molecule has 0 unspecified atom stereocenters. The van der Waals surface area contributed by atoms with Gasteiger partial charge in [-0.1, -0.05) is 66.2 Å². The molecule has 7 heteroatoms. The molecule has 2 amide bonds. The highest BCUT2D eigenvalue weighted by molar-refractivity contribution is 8.18. The van der Waals surface area contributed by atoms with Crippen LogP contribution in [0.5, 0.6) is 11.5 Å². The first-order valence-corrected chi connectivity index (χ1v) is 10.8. The molecule has 0 N–H and O–H groups in total. The third-order valence-corrected chi connectivity index (χ3v) is 6.32. The lowest BCUT2D eigenvalue weighted by atomic mass is 10.0. The van der Waals surface area contributed by atoms with E-state index in [2.05, 4.69) is 0 Å². The van der Waals surface area contributed by atoms with Gasteiger partial charge < -0.3 is 9.47 Å². The van der Waals surface area contributed by atoms with E-state index in [0.717, 1.165) is 28.5 Å². The minimum atomic E-state index is -0.337. The van der Waals surface area contributed by atoms with Crippen LogP contribution in [0.1, 0.15) is 11.1 Å². The first-order valence-electron chi connectivity index (χ1n) is 9.57. The van der Waals surface area contributed by atoms with Crippen LogP contribution >= 0.6 is 23.4 Å². The number of carbonyl (C=O) groups is 2. The normalized spacial score (nSPS) is 16.4. The summed E-state index contributed by atoms with van der Waals surface area (Å²) in [6.07, 6.45) is 1.74. The van der Waals surface area contributed by atoms with Gasteiger partial charge in [-0.05, 0) is 46.2 Å². The van der Waals surface area contributed by atoms with Crippen molar-refractivity contribution < 1.29 is 19.1 Å².